The average molecular weight is 454 g/mol. The second-order valence-electron chi connectivity index (χ2n) is 8.99. The van der Waals surface area contributed by atoms with E-state index in [2.05, 4.69) is 16.8 Å². The van der Waals surface area contributed by atoms with E-state index in [4.69, 9.17) is 4.74 Å². The van der Waals surface area contributed by atoms with E-state index in [1.165, 1.54) is 0 Å². The highest BCUT2D eigenvalue weighted by Gasteiger charge is 2.33. The highest BCUT2D eigenvalue weighted by molar-refractivity contribution is 7.84. The van der Waals surface area contributed by atoms with Crippen molar-refractivity contribution < 1.29 is 13.7 Å². The molecule has 32 heavy (non-hydrogen) atoms. The van der Waals surface area contributed by atoms with Crippen molar-refractivity contribution in [3.05, 3.63) is 52.7 Å². The molecule has 3 rings (SSSR count). The van der Waals surface area contributed by atoms with Gasteiger partial charge in [-0.1, -0.05) is 24.0 Å². The van der Waals surface area contributed by atoms with Gasteiger partial charge < -0.3 is 4.74 Å². The summed E-state index contributed by atoms with van der Waals surface area (Å²) in [6.07, 6.45) is 0. The Morgan fingerprint density at radius 1 is 1.25 bits per heavy atom. The number of carbonyl (C=O) groups is 1. The molecule has 0 saturated heterocycles. The number of hydrogen-bond donors (Lipinski definition) is 0. The summed E-state index contributed by atoms with van der Waals surface area (Å²) in [5, 5.41) is 0. The predicted molar refractivity (Wildman–Crippen MR) is 128 cm³/mol. The van der Waals surface area contributed by atoms with Gasteiger partial charge in [0.15, 0.2) is 0 Å². The minimum atomic E-state index is -1.18. The molecule has 170 valence electrons. The third kappa shape index (κ3) is 5.63. The molecule has 2 heterocycles. The lowest BCUT2D eigenvalue weighted by Gasteiger charge is -2.24. The summed E-state index contributed by atoms with van der Waals surface area (Å²) in [7, 11) is 2.78. The van der Waals surface area contributed by atoms with Crippen LogP contribution >= 0.6 is 0 Å². The van der Waals surface area contributed by atoms with E-state index in [1.807, 2.05) is 68.3 Å². The van der Waals surface area contributed by atoms with Crippen LogP contribution in [0.4, 0.5) is 0 Å². The lowest BCUT2D eigenvalue weighted by Crippen LogP contribution is -2.34. The Morgan fingerprint density at radius 3 is 2.66 bits per heavy atom. The number of fused-ring (bicyclic) bond motifs is 1. The Kier molecular flexibility index (Phi) is 7.50. The third-order valence-corrected chi connectivity index (χ3v) is 6.68. The van der Waals surface area contributed by atoms with Crippen LogP contribution in [0.3, 0.4) is 0 Å². The fourth-order valence-electron chi connectivity index (χ4n) is 3.46. The van der Waals surface area contributed by atoms with Crippen molar-refractivity contribution >= 4 is 17.0 Å². The van der Waals surface area contributed by atoms with Crippen molar-refractivity contribution in [2.45, 2.75) is 45.5 Å². The number of nitrogens with zero attached hydrogens (tertiary/aromatic N) is 3. The molecule has 2 aromatic rings. The third-order valence-electron chi connectivity index (χ3n) is 4.90. The number of benzene rings is 1. The van der Waals surface area contributed by atoms with Gasteiger partial charge >= 0.3 is 5.97 Å². The van der Waals surface area contributed by atoms with Gasteiger partial charge in [0.05, 0.1) is 23.6 Å². The first-order valence-corrected chi connectivity index (χ1v) is 11.8. The van der Waals surface area contributed by atoms with Crippen molar-refractivity contribution in [1.82, 2.24) is 14.2 Å². The molecule has 1 aliphatic heterocycles. The van der Waals surface area contributed by atoms with E-state index in [9.17, 15) is 9.00 Å². The molecule has 7 heteroatoms. The van der Waals surface area contributed by atoms with Gasteiger partial charge in [0.2, 0.25) is 0 Å². The topological polar surface area (TPSA) is 62.7 Å². The molecule has 0 spiro atoms. The van der Waals surface area contributed by atoms with Gasteiger partial charge in [-0.25, -0.2) is 18.3 Å². The van der Waals surface area contributed by atoms with Crippen LogP contribution in [0.25, 0.3) is 11.3 Å². The van der Waals surface area contributed by atoms with Crippen LogP contribution in [0.2, 0.25) is 0 Å². The molecule has 0 N–H and O–H groups in total. The molecule has 0 fully saturated rings. The molecular weight excluding hydrogens is 422 g/mol. The van der Waals surface area contributed by atoms with Crippen molar-refractivity contribution in [1.29, 1.82) is 0 Å². The van der Waals surface area contributed by atoms with E-state index < -0.39 is 17.0 Å². The Labute approximate surface area is 193 Å². The molecule has 0 bridgehead atoms. The highest BCUT2D eigenvalue weighted by Crippen LogP contribution is 2.35. The van der Waals surface area contributed by atoms with Crippen LogP contribution in [0.1, 0.15) is 54.9 Å². The van der Waals surface area contributed by atoms with E-state index in [0.29, 0.717) is 19.6 Å². The molecule has 0 amide bonds. The largest absolute Gasteiger partial charge is 0.461 e. The molecule has 6 nitrogen and oxygen atoms in total. The SMILES string of the molecule is CCOC(=O)c1cc2c(c(-c3cccc(C#CCN(C)C)c3)n1)CN([S@](=O)C(C)(C)C)C2. The Balaban J connectivity index is 2.05. The Morgan fingerprint density at radius 2 is 2.00 bits per heavy atom. The summed E-state index contributed by atoms with van der Waals surface area (Å²) in [5.74, 6) is 5.89. The maximum atomic E-state index is 13.0. The molecule has 0 aliphatic carbocycles. The minimum absolute atomic E-state index is 0.271. The van der Waals surface area contributed by atoms with E-state index in [0.717, 1.165) is 27.9 Å². The second kappa shape index (κ2) is 9.95. The summed E-state index contributed by atoms with van der Waals surface area (Å²) in [6, 6.07) is 9.64. The number of ether oxygens (including phenoxy) is 1. The van der Waals surface area contributed by atoms with Gasteiger partial charge in [-0.05, 0) is 71.1 Å². The van der Waals surface area contributed by atoms with Gasteiger partial charge in [-0.2, -0.15) is 0 Å². The van der Waals surface area contributed by atoms with Gasteiger partial charge in [0, 0.05) is 24.2 Å². The zero-order valence-corrected chi connectivity index (χ0v) is 20.5. The maximum Gasteiger partial charge on any atom is 0.356 e. The smallest absolute Gasteiger partial charge is 0.356 e. The lowest BCUT2D eigenvalue weighted by molar-refractivity contribution is 0.0519. The predicted octanol–water partition coefficient (Wildman–Crippen LogP) is 3.62. The van der Waals surface area contributed by atoms with Crippen LogP contribution in [0, 0.1) is 11.8 Å². The fourth-order valence-corrected chi connectivity index (χ4v) is 4.74. The maximum absolute atomic E-state index is 13.0. The quantitative estimate of drug-likeness (QED) is 0.511. The fraction of sp³-hybridized carbons (Fsp3) is 0.440. The van der Waals surface area contributed by atoms with Gasteiger partial charge in [0.1, 0.15) is 16.7 Å². The van der Waals surface area contributed by atoms with Gasteiger partial charge in [-0.15, -0.1) is 0 Å². The summed E-state index contributed by atoms with van der Waals surface area (Å²) in [4.78, 5) is 19.2. The summed E-state index contributed by atoms with van der Waals surface area (Å²) in [6.45, 7) is 9.64. The highest BCUT2D eigenvalue weighted by atomic mass is 32.2. The zero-order valence-electron chi connectivity index (χ0n) is 19.7. The number of rotatable bonds is 5. The van der Waals surface area contributed by atoms with Crippen molar-refractivity contribution in [3.8, 4) is 23.1 Å². The van der Waals surface area contributed by atoms with E-state index in [-0.39, 0.29) is 17.0 Å². The second-order valence-corrected chi connectivity index (χ2v) is 11.2. The number of pyridine rings is 1. The first kappa shape index (κ1) is 24.1. The number of carbonyl (C=O) groups excluding carboxylic acids is 1. The summed E-state index contributed by atoms with van der Waals surface area (Å²) < 4.78 is 19.8. The van der Waals surface area contributed by atoms with Crippen LogP contribution in [-0.2, 0) is 28.8 Å². The van der Waals surface area contributed by atoms with Crippen LogP contribution in [-0.4, -0.2) is 56.4 Å². The van der Waals surface area contributed by atoms with Gasteiger partial charge in [-0.3, -0.25) is 4.90 Å². The molecule has 1 aliphatic rings. The molecule has 1 atom stereocenters. The standard InChI is InChI=1S/C25H31N3O3S/c1-7-31-24(29)22-15-20-16-28(32(30)25(2,3)4)17-21(20)23(26-22)19-12-8-10-18(14-19)11-9-13-27(5)6/h8,10,12,14-15H,7,13,16-17H2,1-6H3/t32-/m1/s1. The van der Waals surface area contributed by atoms with Crippen molar-refractivity contribution in [2.75, 3.05) is 27.2 Å². The van der Waals surface area contributed by atoms with E-state index >= 15 is 0 Å². The van der Waals surface area contributed by atoms with E-state index in [1.54, 1.807) is 13.0 Å². The Bertz CT molecular complexity index is 1090. The summed E-state index contributed by atoms with van der Waals surface area (Å²) in [5.41, 5.74) is 4.71. The van der Waals surface area contributed by atoms with Crippen LogP contribution in [0.5, 0.6) is 0 Å². The molecule has 1 aromatic carbocycles. The monoisotopic (exact) mass is 453 g/mol. The first-order chi connectivity index (χ1) is 15.1. The first-order valence-electron chi connectivity index (χ1n) is 10.7. The molecule has 0 saturated carbocycles. The number of aromatic nitrogens is 1. The number of esters is 1. The van der Waals surface area contributed by atoms with Crippen molar-refractivity contribution in [3.63, 3.8) is 0 Å². The van der Waals surface area contributed by atoms with Crippen LogP contribution < -0.4 is 0 Å². The minimum Gasteiger partial charge on any atom is -0.461 e. The zero-order chi connectivity index (χ0) is 23.5. The van der Waals surface area contributed by atoms with Crippen LogP contribution in [0.15, 0.2) is 30.3 Å². The molecule has 0 unspecified atom stereocenters. The molecular formula is C25H31N3O3S. The summed E-state index contributed by atoms with van der Waals surface area (Å²) >= 11 is 0. The Hall–Kier alpha value is -2.53. The lowest BCUT2D eigenvalue weighted by atomic mass is 10.0. The average Bonchev–Trinajstić information content (AvgIpc) is 3.16. The molecule has 1 aromatic heterocycles. The number of hydrogen-bond acceptors (Lipinski definition) is 5. The molecule has 0 radical (unpaired) electrons. The van der Waals surface area contributed by atoms with Gasteiger partial charge in [0.25, 0.3) is 0 Å². The normalized spacial score (nSPS) is 14.6. The van der Waals surface area contributed by atoms with Crippen molar-refractivity contribution in [2.24, 2.45) is 0 Å².